The normalized spacial score (nSPS) is 15.5. The SMILES string of the molecule is CN(CCCOc1cccc(Cl)c1)C(=O)C1CCN(S(=O)(=O)Cc2ccccc2)CC1. The quantitative estimate of drug-likeness (QED) is 0.529. The van der Waals surface area contributed by atoms with Crippen LogP contribution in [0.25, 0.3) is 0 Å². The summed E-state index contributed by atoms with van der Waals surface area (Å²) in [5.41, 5.74) is 0.778. The Morgan fingerprint density at radius 3 is 2.52 bits per heavy atom. The van der Waals surface area contributed by atoms with Gasteiger partial charge in [0.25, 0.3) is 0 Å². The van der Waals surface area contributed by atoms with Gasteiger partial charge >= 0.3 is 0 Å². The third-order valence-electron chi connectivity index (χ3n) is 5.47. The molecule has 0 spiro atoms. The minimum atomic E-state index is -3.37. The molecule has 0 N–H and O–H groups in total. The van der Waals surface area contributed by atoms with Crippen molar-refractivity contribution in [2.45, 2.75) is 25.0 Å². The summed E-state index contributed by atoms with van der Waals surface area (Å²) in [6, 6.07) is 16.4. The van der Waals surface area contributed by atoms with Gasteiger partial charge in [-0.1, -0.05) is 48.0 Å². The first-order valence-corrected chi connectivity index (χ1v) is 12.5. The second kappa shape index (κ2) is 11.0. The number of piperidine rings is 1. The number of hydrogen-bond donors (Lipinski definition) is 0. The van der Waals surface area contributed by atoms with Gasteiger partial charge in [0.15, 0.2) is 0 Å². The van der Waals surface area contributed by atoms with Crippen LogP contribution in [0.2, 0.25) is 5.02 Å². The van der Waals surface area contributed by atoms with Gasteiger partial charge in [0.1, 0.15) is 5.75 Å². The van der Waals surface area contributed by atoms with Crippen LogP contribution in [-0.4, -0.2) is 56.8 Å². The highest BCUT2D eigenvalue weighted by Crippen LogP contribution is 2.23. The molecule has 1 fully saturated rings. The van der Waals surface area contributed by atoms with Gasteiger partial charge in [-0.25, -0.2) is 12.7 Å². The Hall–Kier alpha value is -2.09. The summed E-state index contributed by atoms with van der Waals surface area (Å²) in [6.45, 7) is 1.86. The molecule has 1 saturated heterocycles. The van der Waals surface area contributed by atoms with Crippen LogP contribution >= 0.6 is 11.6 Å². The van der Waals surface area contributed by atoms with E-state index in [-0.39, 0.29) is 17.6 Å². The van der Waals surface area contributed by atoms with Crippen LogP contribution in [0.5, 0.6) is 5.75 Å². The molecule has 0 bridgehead atoms. The molecule has 168 valence electrons. The van der Waals surface area contributed by atoms with Gasteiger partial charge in [-0.3, -0.25) is 4.79 Å². The van der Waals surface area contributed by atoms with Gasteiger partial charge in [0.05, 0.1) is 12.4 Å². The number of hydrogen-bond acceptors (Lipinski definition) is 4. The highest BCUT2D eigenvalue weighted by Gasteiger charge is 2.32. The van der Waals surface area contributed by atoms with Crippen molar-refractivity contribution < 1.29 is 17.9 Å². The van der Waals surface area contributed by atoms with Gasteiger partial charge < -0.3 is 9.64 Å². The minimum Gasteiger partial charge on any atom is -0.493 e. The standard InChI is InChI=1S/C23H29ClN2O4S/c1-25(13-6-16-30-22-10-5-9-21(24)17-22)23(27)20-11-14-26(15-12-20)31(28,29)18-19-7-3-2-4-8-19/h2-5,7-10,17,20H,6,11-16,18H2,1H3. The van der Waals surface area contributed by atoms with Crippen molar-refractivity contribution in [2.75, 3.05) is 33.3 Å². The van der Waals surface area contributed by atoms with Crippen LogP contribution in [-0.2, 0) is 20.6 Å². The number of carbonyl (C=O) groups is 1. The van der Waals surface area contributed by atoms with Crippen molar-refractivity contribution in [3.8, 4) is 5.75 Å². The van der Waals surface area contributed by atoms with Crippen LogP contribution < -0.4 is 4.74 Å². The van der Waals surface area contributed by atoms with E-state index in [1.807, 2.05) is 42.5 Å². The van der Waals surface area contributed by atoms with Crippen molar-refractivity contribution in [2.24, 2.45) is 5.92 Å². The molecule has 0 saturated carbocycles. The third-order valence-corrected chi connectivity index (χ3v) is 7.55. The van der Waals surface area contributed by atoms with Crippen LogP contribution in [0.1, 0.15) is 24.8 Å². The minimum absolute atomic E-state index is 0.00101. The topological polar surface area (TPSA) is 66.9 Å². The lowest BCUT2D eigenvalue weighted by Crippen LogP contribution is -2.44. The summed E-state index contributed by atoms with van der Waals surface area (Å²) in [4.78, 5) is 14.5. The second-order valence-corrected chi connectivity index (χ2v) is 10.2. The smallest absolute Gasteiger partial charge is 0.225 e. The molecule has 1 aliphatic heterocycles. The fraction of sp³-hybridized carbons (Fsp3) is 0.435. The molecule has 1 amide bonds. The molecule has 0 atom stereocenters. The maximum Gasteiger partial charge on any atom is 0.225 e. The van der Waals surface area contributed by atoms with E-state index in [0.717, 1.165) is 5.56 Å². The lowest BCUT2D eigenvalue weighted by molar-refractivity contribution is -0.135. The maximum absolute atomic E-state index is 12.8. The number of halogens is 1. The van der Waals surface area contributed by atoms with Gasteiger partial charge in [-0.05, 0) is 43.0 Å². The van der Waals surface area contributed by atoms with Crippen LogP contribution in [0.15, 0.2) is 54.6 Å². The highest BCUT2D eigenvalue weighted by atomic mass is 35.5. The van der Waals surface area contributed by atoms with E-state index in [2.05, 4.69) is 0 Å². The van der Waals surface area contributed by atoms with Crippen molar-refractivity contribution in [1.82, 2.24) is 9.21 Å². The number of nitrogens with zero attached hydrogens (tertiary/aromatic N) is 2. The molecule has 8 heteroatoms. The van der Waals surface area contributed by atoms with Crippen molar-refractivity contribution in [3.05, 3.63) is 65.2 Å². The molecule has 0 unspecified atom stereocenters. The zero-order valence-electron chi connectivity index (χ0n) is 17.7. The van der Waals surface area contributed by atoms with Gasteiger partial charge in [-0.2, -0.15) is 0 Å². The fourth-order valence-electron chi connectivity index (χ4n) is 3.73. The molecule has 6 nitrogen and oxygen atoms in total. The van der Waals surface area contributed by atoms with Crippen molar-refractivity contribution in [3.63, 3.8) is 0 Å². The summed E-state index contributed by atoms with van der Waals surface area (Å²) in [7, 11) is -1.58. The molecule has 0 aromatic heterocycles. The Bertz CT molecular complexity index is 961. The number of rotatable bonds is 9. The summed E-state index contributed by atoms with van der Waals surface area (Å²) in [6.07, 6.45) is 1.81. The number of carbonyl (C=O) groups excluding carboxylic acids is 1. The maximum atomic E-state index is 12.8. The van der Waals surface area contributed by atoms with E-state index < -0.39 is 10.0 Å². The van der Waals surface area contributed by atoms with Crippen LogP contribution in [0.3, 0.4) is 0 Å². The number of sulfonamides is 1. The van der Waals surface area contributed by atoms with E-state index in [0.29, 0.717) is 56.3 Å². The van der Waals surface area contributed by atoms with E-state index in [4.69, 9.17) is 16.3 Å². The predicted molar refractivity (Wildman–Crippen MR) is 123 cm³/mol. The zero-order valence-corrected chi connectivity index (χ0v) is 19.3. The second-order valence-electron chi connectivity index (χ2n) is 7.83. The molecule has 31 heavy (non-hydrogen) atoms. The Morgan fingerprint density at radius 1 is 1.13 bits per heavy atom. The van der Waals surface area contributed by atoms with E-state index in [1.54, 1.807) is 24.1 Å². The molecule has 2 aromatic carbocycles. The molecule has 1 heterocycles. The first-order chi connectivity index (χ1) is 14.8. The molecular formula is C23H29ClN2O4S. The van der Waals surface area contributed by atoms with Gasteiger partial charge in [-0.15, -0.1) is 0 Å². The lowest BCUT2D eigenvalue weighted by Gasteiger charge is -2.32. The first kappa shape index (κ1) is 23.6. The van der Waals surface area contributed by atoms with E-state index in [9.17, 15) is 13.2 Å². The molecule has 2 aromatic rings. The van der Waals surface area contributed by atoms with E-state index in [1.165, 1.54) is 4.31 Å². The molecule has 0 radical (unpaired) electrons. The lowest BCUT2D eigenvalue weighted by atomic mass is 9.96. The summed E-state index contributed by atoms with van der Waals surface area (Å²) < 4.78 is 32.6. The summed E-state index contributed by atoms with van der Waals surface area (Å²) >= 11 is 5.94. The van der Waals surface area contributed by atoms with Crippen LogP contribution in [0.4, 0.5) is 0 Å². The first-order valence-electron chi connectivity index (χ1n) is 10.5. The number of ether oxygens (including phenoxy) is 1. The molecule has 3 rings (SSSR count). The number of benzene rings is 2. The number of amides is 1. The Balaban J connectivity index is 1.40. The predicted octanol–water partition coefficient (Wildman–Crippen LogP) is 3.81. The van der Waals surface area contributed by atoms with Crippen molar-refractivity contribution in [1.29, 1.82) is 0 Å². The fourth-order valence-corrected chi connectivity index (χ4v) is 5.47. The summed E-state index contributed by atoms with van der Waals surface area (Å²) in [5, 5.41) is 0.627. The summed E-state index contributed by atoms with van der Waals surface area (Å²) in [5.74, 6) is 0.648. The average Bonchev–Trinajstić information content (AvgIpc) is 2.76. The largest absolute Gasteiger partial charge is 0.493 e. The van der Waals surface area contributed by atoms with Crippen molar-refractivity contribution >= 4 is 27.5 Å². The Labute approximate surface area is 189 Å². The van der Waals surface area contributed by atoms with E-state index >= 15 is 0 Å². The monoisotopic (exact) mass is 464 g/mol. The molecular weight excluding hydrogens is 436 g/mol. The Kier molecular flexibility index (Phi) is 8.35. The van der Waals surface area contributed by atoms with Crippen LogP contribution in [0, 0.1) is 5.92 Å². The highest BCUT2D eigenvalue weighted by molar-refractivity contribution is 7.88. The molecule has 0 aliphatic carbocycles. The average molecular weight is 465 g/mol. The van der Waals surface area contributed by atoms with Gasteiger partial charge in [0, 0.05) is 37.6 Å². The third kappa shape index (κ3) is 6.95. The van der Waals surface area contributed by atoms with Gasteiger partial charge in [0.2, 0.25) is 15.9 Å². The Morgan fingerprint density at radius 2 is 1.84 bits per heavy atom. The zero-order chi connectivity index (χ0) is 22.3. The molecule has 1 aliphatic rings.